The quantitative estimate of drug-likeness (QED) is 0.774. The molecule has 0 bridgehead atoms. The van der Waals surface area contributed by atoms with Crippen molar-refractivity contribution in [3.8, 4) is 0 Å². The van der Waals surface area contributed by atoms with E-state index in [9.17, 15) is 4.79 Å². The van der Waals surface area contributed by atoms with Gasteiger partial charge in [0.2, 0.25) is 0 Å². The molecule has 2 rings (SSSR count). The number of hydrogen-bond acceptors (Lipinski definition) is 6. The number of carbonyl (C=O) groups is 1. The molecule has 0 radical (unpaired) electrons. The van der Waals surface area contributed by atoms with Gasteiger partial charge in [-0.1, -0.05) is 0 Å². The van der Waals surface area contributed by atoms with E-state index in [0.717, 1.165) is 24.6 Å². The fourth-order valence-corrected chi connectivity index (χ4v) is 2.64. The first kappa shape index (κ1) is 11.3. The maximum atomic E-state index is 11.5. The largest absolute Gasteiger partial charge is 0.464 e. The van der Waals surface area contributed by atoms with E-state index in [4.69, 9.17) is 4.74 Å². The first-order valence-electron chi connectivity index (χ1n) is 5.22. The van der Waals surface area contributed by atoms with E-state index in [1.54, 1.807) is 5.51 Å². The number of esters is 1. The maximum absolute atomic E-state index is 11.5. The Morgan fingerprint density at radius 3 is 3.25 bits per heavy atom. The number of thiazole rings is 1. The summed E-state index contributed by atoms with van der Waals surface area (Å²) in [5.41, 5.74) is 2.12. The molecule has 0 unspecified atom stereocenters. The third-order valence-electron chi connectivity index (χ3n) is 2.58. The molecule has 2 heterocycles. The summed E-state index contributed by atoms with van der Waals surface area (Å²) in [7, 11) is 1.38. The average molecular weight is 241 g/mol. The Morgan fingerprint density at radius 1 is 1.75 bits per heavy atom. The van der Waals surface area contributed by atoms with Crippen LogP contribution in [0.1, 0.15) is 17.4 Å². The van der Waals surface area contributed by atoms with E-state index in [-0.39, 0.29) is 5.97 Å². The van der Waals surface area contributed by atoms with E-state index in [0.29, 0.717) is 11.7 Å². The Bertz CT molecular complexity index is 380. The van der Waals surface area contributed by atoms with Gasteiger partial charge in [-0.2, -0.15) is 0 Å². The average Bonchev–Trinajstić information content (AvgIpc) is 2.77. The SMILES string of the molecule is COC(=O)c1ncsc1N1CCN[C@H](C)C1. The Balaban J connectivity index is 2.19. The molecule has 88 valence electrons. The summed E-state index contributed by atoms with van der Waals surface area (Å²) in [5, 5.41) is 4.28. The number of nitrogens with zero attached hydrogens (tertiary/aromatic N) is 2. The van der Waals surface area contributed by atoms with Crippen LogP contribution in [0.15, 0.2) is 5.51 Å². The number of anilines is 1. The van der Waals surface area contributed by atoms with Crippen LogP contribution in [0.5, 0.6) is 0 Å². The Morgan fingerprint density at radius 2 is 2.56 bits per heavy atom. The molecule has 1 aliphatic rings. The molecule has 0 saturated carbocycles. The molecule has 1 aliphatic heterocycles. The van der Waals surface area contributed by atoms with E-state index in [2.05, 4.69) is 22.1 Å². The van der Waals surface area contributed by atoms with Gasteiger partial charge in [-0.3, -0.25) is 0 Å². The van der Waals surface area contributed by atoms with Crippen LogP contribution in [0.4, 0.5) is 5.00 Å². The highest BCUT2D eigenvalue weighted by Crippen LogP contribution is 2.26. The van der Waals surface area contributed by atoms with Gasteiger partial charge in [0.05, 0.1) is 12.6 Å². The maximum Gasteiger partial charge on any atom is 0.359 e. The van der Waals surface area contributed by atoms with Crippen molar-refractivity contribution in [1.29, 1.82) is 0 Å². The first-order chi connectivity index (χ1) is 7.72. The number of nitrogens with one attached hydrogen (secondary N) is 1. The highest BCUT2D eigenvalue weighted by atomic mass is 32.1. The number of aromatic nitrogens is 1. The van der Waals surface area contributed by atoms with Gasteiger partial charge >= 0.3 is 5.97 Å². The van der Waals surface area contributed by atoms with Gasteiger partial charge in [-0.15, -0.1) is 11.3 Å². The molecule has 1 aromatic heterocycles. The third-order valence-corrected chi connectivity index (χ3v) is 3.47. The Hall–Kier alpha value is -1.14. The molecule has 1 aromatic rings. The van der Waals surface area contributed by atoms with Gasteiger partial charge in [0.15, 0.2) is 5.69 Å². The molecule has 1 N–H and O–H groups in total. The molecule has 0 spiro atoms. The van der Waals surface area contributed by atoms with Crippen LogP contribution in [-0.2, 0) is 4.74 Å². The van der Waals surface area contributed by atoms with Gasteiger partial charge in [0.25, 0.3) is 0 Å². The topological polar surface area (TPSA) is 54.5 Å². The highest BCUT2D eigenvalue weighted by molar-refractivity contribution is 7.14. The first-order valence-corrected chi connectivity index (χ1v) is 6.10. The van der Waals surface area contributed by atoms with Crippen molar-refractivity contribution in [2.24, 2.45) is 0 Å². The lowest BCUT2D eigenvalue weighted by Gasteiger charge is -2.32. The van der Waals surface area contributed by atoms with E-state index in [1.165, 1.54) is 18.4 Å². The molecule has 1 saturated heterocycles. The number of carbonyl (C=O) groups excluding carboxylic acids is 1. The van der Waals surface area contributed by atoms with Crippen molar-refractivity contribution in [2.45, 2.75) is 13.0 Å². The van der Waals surface area contributed by atoms with Crippen molar-refractivity contribution in [2.75, 3.05) is 31.6 Å². The van der Waals surface area contributed by atoms with Crippen molar-refractivity contribution in [1.82, 2.24) is 10.3 Å². The molecule has 1 atom stereocenters. The lowest BCUT2D eigenvalue weighted by atomic mass is 10.2. The minimum Gasteiger partial charge on any atom is -0.464 e. The molecule has 5 nitrogen and oxygen atoms in total. The lowest BCUT2D eigenvalue weighted by Crippen LogP contribution is -2.49. The van der Waals surface area contributed by atoms with Gasteiger partial charge in [0.1, 0.15) is 5.00 Å². The zero-order valence-corrected chi connectivity index (χ0v) is 10.2. The molecule has 0 aliphatic carbocycles. The van der Waals surface area contributed by atoms with E-state index in [1.807, 2.05) is 0 Å². The van der Waals surface area contributed by atoms with Crippen LogP contribution < -0.4 is 10.2 Å². The van der Waals surface area contributed by atoms with E-state index < -0.39 is 0 Å². The summed E-state index contributed by atoms with van der Waals surface area (Å²) in [6, 6.07) is 0.432. The molecular weight excluding hydrogens is 226 g/mol. The summed E-state index contributed by atoms with van der Waals surface area (Å²) in [4.78, 5) is 17.8. The number of rotatable bonds is 2. The van der Waals surface area contributed by atoms with E-state index >= 15 is 0 Å². The minimum atomic E-state index is -0.359. The summed E-state index contributed by atoms with van der Waals surface area (Å²) in [6.07, 6.45) is 0. The van der Waals surface area contributed by atoms with Gasteiger partial charge in [-0.05, 0) is 6.92 Å². The monoisotopic (exact) mass is 241 g/mol. The summed E-state index contributed by atoms with van der Waals surface area (Å²) in [6.45, 7) is 4.85. The van der Waals surface area contributed by atoms with Crippen molar-refractivity contribution in [3.63, 3.8) is 0 Å². The van der Waals surface area contributed by atoms with Gasteiger partial charge < -0.3 is 15.0 Å². The molecule has 16 heavy (non-hydrogen) atoms. The Labute approximate surface area is 98.4 Å². The van der Waals surface area contributed by atoms with Crippen LogP contribution in [0.2, 0.25) is 0 Å². The number of piperazine rings is 1. The molecule has 1 fully saturated rings. The number of hydrogen-bond donors (Lipinski definition) is 1. The minimum absolute atomic E-state index is 0.359. The lowest BCUT2D eigenvalue weighted by molar-refractivity contribution is 0.0595. The second-order valence-electron chi connectivity index (χ2n) is 3.80. The van der Waals surface area contributed by atoms with Crippen LogP contribution in [0.25, 0.3) is 0 Å². The molecule has 0 aromatic carbocycles. The zero-order chi connectivity index (χ0) is 11.5. The fraction of sp³-hybridized carbons (Fsp3) is 0.600. The number of ether oxygens (including phenoxy) is 1. The fourth-order valence-electron chi connectivity index (χ4n) is 1.82. The molecule has 0 amide bonds. The molecule has 6 heteroatoms. The summed E-state index contributed by atoms with van der Waals surface area (Å²) < 4.78 is 4.72. The van der Waals surface area contributed by atoms with Crippen LogP contribution >= 0.6 is 11.3 Å². The van der Waals surface area contributed by atoms with Crippen molar-refractivity contribution < 1.29 is 9.53 Å². The summed E-state index contributed by atoms with van der Waals surface area (Å²) in [5.74, 6) is -0.359. The highest BCUT2D eigenvalue weighted by Gasteiger charge is 2.23. The normalized spacial score (nSPS) is 20.9. The van der Waals surface area contributed by atoms with Gasteiger partial charge in [-0.25, -0.2) is 9.78 Å². The van der Waals surface area contributed by atoms with Crippen molar-refractivity contribution in [3.05, 3.63) is 11.2 Å². The third kappa shape index (κ3) is 2.17. The molecular formula is C10H15N3O2S. The predicted molar refractivity (Wildman–Crippen MR) is 63.1 cm³/mol. The number of methoxy groups -OCH3 is 1. The predicted octanol–water partition coefficient (Wildman–Crippen LogP) is 0.728. The van der Waals surface area contributed by atoms with Crippen LogP contribution in [-0.4, -0.2) is 43.7 Å². The zero-order valence-electron chi connectivity index (χ0n) is 9.40. The van der Waals surface area contributed by atoms with Crippen molar-refractivity contribution >= 4 is 22.3 Å². The second kappa shape index (κ2) is 4.80. The summed E-state index contributed by atoms with van der Waals surface area (Å²) >= 11 is 1.49. The smallest absolute Gasteiger partial charge is 0.359 e. The van der Waals surface area contributed by atoms with Crippen LogP contribution in [0, 0.1) is 0 Å². The van der Waals surface area contributed by atoms with Gasteiger partial charge in [0, 0.05) is 25.7 Å². The Kier molecular flexibility index (Phi) is 3.40. The standard InChI is InChI=1S/C10H15N3O2S/c1-7-5-13(4-3-11-7)9-8(10(14)15-2)12-6-16-9/h6-7,11H,3-5H2,1-2H3/t7-/m1/s1. The second-order valence-corrected chi connectivity index (χ2v) is 4.63. The van der Waals surface area contributed by atoms with Crippen LogP contribution in [0.3, 0.4) is 0 Å².